The van der Waals surface area contributed by atoms with Crippen molar-refractivity contribution in [3.8, 4) is 67.7 Å². The summed E-state index contributed by atoms with van der Waals surface area (Å²) in [5, 5.41) is 2.55. The van der Waals surface area contributed by atoms with E-state index >= 15 is 0 Å². The van der Waals surface area contributed by atoms with E-state index in [1.807, 2.05) is 29.5 Å². The van der Waals surface area contributed by atoms with Gasteiger partial charge >= 0.3 is 0 Å². The Labute approximate surface area is 334 Å². The van der Waals surface area contributed by atoms with Crippen molar-refractivity contribution in [2.45, 2.75) is 5.41 Å². The second-order valence-electron chi connectivity index (χ2n) is 14.8. The summed E-state index contributed by atoms with van der Waals surface area (Å²) in [5.74, 6) is 2.42. The number of nitrogens with zero attached hydrogens (tertiary/aromatic N) is 2. The zero-order chi connectivity index (χ0) is 37.5. The van der Waals surface area contributed by atoms with Crippen LogP contribution >= 0.6 is 11.3 Å². The fraction of sp³-hybridized carbons (Fsp3) is 0.0189. The second kappa shape index (κ2) is 12.4. The summed E-state index contributed by atoms with van der Waals surface area (Å²) in [7, 11) is 0. The van der Waals surface area contributed by atoms with E-state index in [0.717, 1.165) is 61.8 Å². The van der Waals surface area contributed by atoms with E-state index in [9.17, 15) is 0 Å². The normalized spacial score (nSPS) is 13.2. The van der Waals surface area contributed by atoms with Crippen molar-refractivity contribution in [3.63, 3.8) is 0 Å². The molecule has 1 spiro atoms. The number of hydrogen-bond acceptors (Lipinski definition) is 4. The van der Waals surface area contributed by atoms with Gasteiger partial charge in [0.05, 0.1) is 16.8 Å². The number of ether oxygens (including phenoxy) is 1. The SMILES string of the molecule is c1ccc(-c2nc(-c3ccc4c(c3)sc3ccccc34)cc(-c3ccccc3-c3cccc4c3Oc3ccccc3C43c4ccccc4-c4ccccc43)n2)cc1. The molecule has 4 heteroatoms. The molecule has 0 saturated heterocycles. The minimum atomic E-state index is -0.546. The molecule has 12 rings (SSSR count). The maximum atomic E-state index is 7.09. The van der Waals surface area contributed by atoms with Gasteiger partial charge in [0.25, 0.3) is 0 Å². The molecule has 3 heterocycles. The molecule has 10 aromatic rings. The topological polar surface area (TPSA) is 35.0 Å². The van der Waals surface area contributed by atoms with Crippen LogP contribution in [-0.4, -0.2) is 9.97 Å². The highest BCUT2D eigenvalue weighted by atomic mass is 32.1. The van der Waals surface area contributed by atoms with E-state index in [2.05, 4.69) is 176 Å². The molecule has 0 amide bonds. The lowest BCUT2D eigenvalue weighted by atomic mass is 9.65. The first kappa shape index (κ1) is 32.1. The number of aromatic nitrogens is 2. The zero-order valence-electron chi connectivity index (χ0n) is 30.7. The van der Waals surface area contributed by atoms with Gasteiger partial charge in [-0.05, 0) is 52.1 Å². The highest BCUT2D eigenvalue weighted by Crippen LogP contribution is 2.63. The molecule has 266 valence electrons. The third-order valence-corrected chi connectivity index (χ3v) is 12.9. The molecule has 0 radical (unpaired) electrons. The second-order valence-corrected chi connectivity index (χ2v) is 15.9. The lowest BCUT2D eigenvalue weighted by Gasteiger charge is -2.40. The molecule has 0 unspecified atom stereocenters. The minimum absolute atomic E-state index is 0.546. The van der Waals surface area contributed by atoms with Gasteiger partial charge in [-0.2, -0.15) is 0 Å². The Balaban J connectivity index is 1.08. The van der Waals surface area contributed by atoms with Crippen molar-refractivity contribution >= 4 is 31.5 Å². The third kappa shape index (κ3) is 4.71. The number of thiophene rings is 1. The van der Waals surface area contributed by atoms with Crippen LogP contribution in [0.15, 0.2) is 194 Å². The summed E-state index contributed by atoms with van der Waals surface area (Å²) in [5.41, 5.74) is 13.7. The van der Waals surface area contributed by atoms with Crippen LogP contribution in [0.2, 0.25) is 0 Å². The largest absolute Gasteiger partial charge is 0.456 e. The molecule has 2 aliphatic rings. The van der Waals surface area contributed by atoms with Gasteiger partial charge in [-0.25, -0.2) is 9.97 Å². The highest BCUT2D eigenvalue weighted by molar-refractivity contribution is 7.25. The first-order valence-electron chi connectivity index (χ1n) is 19.3. The maximum absolute atomic E-state index is 7.09. The molecular formula is C53H32N2OS. The molecule has 57 heavy (non-hydrogen) atoms. The van der Waals surface area contributed by atoms with E-state index < -0.39 is 5.41 Å². The lowest BCUT2D eigenvalue weighted by molar-refractivity contribution is 0.438. The Bertz CT molecular complexity index is 3190. The first-order chi connectivity index (χ1) is 28.3. The van der Waals surface area contributed by atoms with Crippen LogP contribution in [0.3, 0.4) is 0 Å². The number of hydrogen-bond donors (Lipinski definition) is 0. The average Bonchev–Trinajstić information content (AvgIpc) is 3.80. The van der Waals surface area contributed by atoms with Crippen LogP contribution in [-0.2, 0) is 5.41 Å². The van der Waals surface area contributed by atoms with Crippen LogP contribution < -0.4 is 4.74 Å². The first-order valence-corrected chi connectivity index (χ1v) is 20.1. The van der Waals surface area contributed by atoms with E-state index in [4.69, 9.17) is 14.7 Å². The Morgan fingerprint density at radius 2 is 0.982 bits per heavy atom. The quantitative estimate of drug-likeness (QED) is 0.180. The van der Waals surface area contributed by atoms with E-state index in [1.54, 1.807) is 0 Å². The van der Waals surface area contributed by atoms with Gasteiger partial charge in [-0.3, -0.25) is 0 Å². The highest BCUT2D eigenvalue weighted by Gasteiger charge is 2.51. The fourth-order valence-corrected chi connectivity index (χ4v) is 10.5. The van der Waals surface area contributed by atoms with Gasteiger partial charge < -0.3 is 4.74 Å². The monoisotopic (exact) mass is 744 g/mol. The molecule has 0 saturated carbocycles. The van der Waals surface area contributed by atoms with Crippen LogP contribution in [0.1, 0.15) is 22.3 Å². The average molecular weight is 745 g/mol. The van der Waals surface area contributed by atoms with E-state index in [0.29, 0.717) is 5.82 Å². The molecule has 1 aliphatic heterocycles. The Morgan fingerprint density at radius 1 is 0.386 bits per heavy atom. The van der Waals surface area contributed by atoms with Crippen molar-refractivity contribution < 1.29 is 4.74 Å². The van der Waals surface area contributed by atoms with Crippen molar-refractivity contribution in [1.82, 2.24) is 9.97 Å². The summed E-state index contributed by atoms with van der Waals surface area (Å²) in [6.45, 7) is 0. The summed E-state index contributed by atoms with van der Waals surface area (Å²) in [4.78, 5) is 10.5. The predicted molar refractivity (Wildman–Crippen MR) is 234 cm³/mol. The molecule has 0 N–H and O–H groups in total. The maximum Gasteiger partial charge on any atom is 0.160 e. The minimum Gasteiger partial charge on any atom is -0.456 e. The summed E-state index contributed by atoms with van der Waals surface area (Å²) < 4.78 is 9.62. The van der Waals surface area contributed by atoms with Gasteiger partial charge in [-0.15, -0.1) is 11.3 Å². The molecule has 1 aliphatic carbocycles. The molecule has 0 fully saturated rings. The Morgan fingerprint density at radius 3 is 1.79 bits per heavy atom. The number of fused-ring (bicyclic) bond motifs is 12. The van der Waals surface area contributed by atoms with E-state index in [-0.39, 0.29) is 0 Å². The fourth-order valence-electron chi connectivity index (χ4n) is 9.37. The predicted octanol–water partition coefficient (Wildman–Crippen LogP) is 14.0. The summed E-state index contributed by atoms with van der Waals surface area (Å²) in [6.07, 6.45) is 0. The molecular weight excluding hydrogens is 713 g/mol. The smallest absolute Gasteiger partial charge is 0.160 e. The van der Waals surface area contributed by atoms with Gasteiger partial charge in [0.1, 0.15) is 11.5 Å². The molecule has 0 atom stereocenters. The van der Waals surface area contributed by atoms with Gasteiger partial charge in [-0.1, -0.05) is 170 Å². The van der Waals surface area contributed by atoms with Crippen molar-refractivity contribution in [1.29, 1.82) is 0 Å². The van der Waals surface area contributed by atoms with Crippen LogP contribution in [0.5, 0.6) is 11.5 Å². The number of rotatable bonds is 4. The van der Waals surface area contributed by atoms with Crippen LogP contribution in [0, 0.1) is 0 Å². The summed E-state index contributed by atoms with van der Waals surface area (Å²) >= 11 is 1.82. The van der Waals surface area contributed by atoms with Gasteiger partial charge in [0.15, 0.2) is 5.82 Å². The standard InChI is InChI=1S/C53H32N2OS/c1-2-15-33(16-3-1)52-54-46(34-29-30-40-39-21-8-13-28-49(39)57-50(40)31-34)32-47(55-52)38-20-5-4-17-35(38)41-22-14-26-45-51(41)56-48-27-12-11-25-44(48)53(45)42-23-9-6-18-36(42)37-19-7-10-24-43(37)53/h1-32H. The zero-order valence-corrected chi connectivity index (χ0v) is 31.5. The summed E-state index contributed by atoms with van der Waals surface area (Å²) in [6, 6.07) is 69.3. The Kier molecular flexibility index (Phi) is 7.01. The third-order valence-electron chi connectivity index (χ3n) is 11.8. The van der Waals surface area contributed by atoms with Crippen molar-refractivity contribution in [2.75, 3.05) is 0 Å². The van der Waals surface area contributed by atoms with E-state index in [1.165, 1.54) is 42.4 Å². The number of benzene rings is 8. The molecule has 8 aromatic carbocycles. The Hall–Kier alpha value is -7.14. The van der Waals surface area contributed by atoms with Crippen LogP contribution in [0.4, 0.5) is 0 Å². The van der Waals surface area contributed by atoms with Gasteiger partial charge in [0.2, 0.25) is 0 Å². The van der Waals surface area contributed by atoms with Crippen molar-refractivity contribution in [2.24, 2.45) is 0 Å². The molecule has 0 bridgehead atoms. The number of para-hydroxylation sites is 2. The van der Waals surface area contributed by atoms with Crippen molar-refractivity contribution in [3.05, 3.63) is 216 Å². The van der Waals surface area contributed by atoms with Crippen LogP contribution in [0.25, 0.3) is 76.3 Å². The van der Waals surface area contributed by atoms with Gasteiger partial charge in [0, 0.05) is 53.6 Å². The molecule has 3 nitrogen and oxygen atoms in total. The molecule has 2 aromatic heterocycles. The lowest BCUT2D eigenvalue weighted by Crippen LogP contribution is -2.32.